The SMILES string of the molecule is CC(CN)c1cnc(Cc2ccccc2)o1. The Morgan fingerprint density at radius 2 is 2.06 bits per heavy atom. The highest BCUT2D eigenvalue weighted by Crippen LogP contribution is 2.16. The Morgan fingerprint density at radius 3 is 2.75 bits per heavy atom. The van der Waals surface area contributed by atoms with E-state index in [9.17, 15) is 0 Å². The number of hydrogen-bond acceptors (Lipinski definition) is 3. The van der Waals surface area contributed by atoms with Crippen LogP contribution in [0.1, 0.15) is 30.1 Å². The van der Waals surface area contributed by atoms with Crippen LogP contribution in [0.25, 0.3) is 0 Å². The summed E-state index contributed by atoms with van der Waals surface area (Å²) in [6.07, 6.45) is 2.51. The second kappa shape index (κ2) is 4.94. The standard InChI is InChI=1S/C13H16N2O/c1-10(8-14)12-9-15-13(16-12)7-11-5-3-2-4-6-11/h2-6,9-10H,7-8,14H2,1H3. The number of aromatic nitrogens is 1. The number of oxazole rings is 1. The van der Waals surface area contributed by atoms with Crippen LogP contribution in [0.4, 0.5) is 0 Å². The van der Waals surface area contributed by atoms with Crippen LogP contribution >= 0.6 is 0 Å². The second-order valence-corrected chi connectivity index (χ2v) is 3.96. The average Bonchev–Trinajstić information content (AvgIpc) is 2.78. The van der Waals surface area contributed by atoms with Gasteiger partial charge in [-0.25, -0.2) is 4.98 Å². The molecule has 2 rings (SSSR count). The van der Waals surface area contributed by atoms with Gasteiger partial charge in [0.2, 0.25) is 0 Å². The van der Waals surface area contributed by atoms with E-state index < -0.39 is 0 Å². The molecule has 2 N–H and O–H groups in total. The second-order valence-electron chi connectivity index (χ2n) is 3.96. The van der Waals surface area contributed by atoms with Crippen molar-refractivity contribution in [3.8, 4) is 0 Å². The molecule has 1 unspecified atom stereocenters. The van der Waals surface area contributed by atoms with Gasteiger partial charge >= 0.3 is 0 Å². The van der Waals surface area contributed by atoms with E-state index in [1.807, 2.05) is 25.1 Å². The molecule has 0 radical (unpaired) electrons. The molecule has 0 aliphatic rings. The van der Waals surface area contributed by atoms with E-state index in [0.29, 0.717) is 6.54 Å². The Balaban J connectivity index is 2.09. The maximum atomic E-state index is 5.65. The van der Waals surface area contributed by atoms with Gasteiger partial charge in [-0.15, -0.1) is 0 Å². The zero-order chi connectivity index (χ0) is 11.4. The van der Waals surface area contributed by atoms with Crippen molar-refractivity contribution in [3.05, 3.63) is 53.7 Å². The summed E-state index contributed by atoms with van der Waals surface area (Å²) in [7, 11) is 0. The van der Waals surface area contributed by atoms with Crippen LogP contribution in [-0.4, -0.2) is 11.5 Å². The molecule has 3 nitrogen and oxygen atoms in total. The molecule has 1 atom stereocenters. The van der Waals surface area contributed by atoms with Crippen molar-refractivity contribution >= 4 is 0 Å². The van der Waals surface area contributed by atoms with Crippen molar-refractivity contribution in [1.82, 2.24) is 4.98 Å². The molecule has 0 aliphatic carbocycles. The Hall–Kier alpha value is -1.61. The summed E-state index contributed by atoms with van der Waals surface area (Å²) in [5.41, 5.74) is 6.78. The largest absolute Gasteiger partial charge is 0.445 e. The molecule has 84 valence electrons. The van der Waals surface area contributed by atoms with Gasteiger partial charge in [0.25, 0.3) is 0 Å². The van der Waals surface area contributed by atoms with Gasteiger partial charge in [0.1, 0.15) is 5.76 Å². The van der Waals surface area contributed by atoms with Gasteiger partial charge in [0.15, 0.2) is 5.89 Å². The fourth-order valence-electron chi connectivity index (χ4n) is 1.52. The number of nitrogens with zero attached hydrogens (tertiary/aromatic N) is 1. The van der Waals surface area contributed by atoms with Crippen molar-refractivity contribution in [1.29, 1.82) is 0 Å². The zero-order valence-electron chi connectivity index (χ0n) is 9.39. The molecule has 0 fully saturated rings. The molecule has 0 saturated heterocycles. The number of hydrogen-bond donors (Lipinski definition) is 1. The summed E-state index contributed by atoms with van der Waals surface area (Å²) in [4.78, 5) is 4.26. The fourth-order valence-corrected chi connectivity index (χ4v) is 1.52. The third kappa shape index (κ3) is 2.49. The molecule has 0 spiro atoms. The first-order chi connectivity index (χ1) is 7.79. The predicted octanol–water partition coefficient (Wildman–Crippen LogP) is 2.33. The summed E-state index contributed by atoms with van der Waals surface area (Å²) in [6, 6.07) is 10.2. The smallest absolute Gasteiger partial charge is 0.198 e. The summed E-state index contributed by atoms with van der Waals surface area (Å²) < 4.78 is 5.65. The lowest BCUT2D eigenvalue weighted by molar-refractivity contribution is 0.440. The molecule has 1 aromatic heterocycles. The van der Waals surface area contributed by atoms with Gasteiger partial charge in [0, 0.05) is 18.9 Å². The van der Waals surface area contributed by atoms with E-state index in [0.717, 1.165) is 18.1 Å². The highest BCUT2D eigenvalue weighted by molar-refractivity contribution is 5.18. The molecular formula is C13H16N2O. The Morgan fingerprint density at radius 1 is 1.31 bits per heavy atom. The van der Waals surface area contributed by atoms with Crippen LogP contribution in [0.3, 0.4) is 0 Å². The molecule has 0 amide bonds. The molecule has 3 heteroatoms. The van der Waals surface area contributed by atoms with E-state index in [4.69, 9.17) is 10.2 Å². The van der Waals surface area contributed by atoms with Crippen LogP contribution in [0.2, 0.25) is 0 Å². The van der Waals surface area contributed by atoms with Crippen LogP contribution in [-0.2, 0) is 6.42 Å². The van der Waals surface area contributed by atoms with E-state index in [2.05, 4.69) is 17.1 Å². The third-order valence-corrected chi connectivity index (χ3v) is 2.61. The minimum Gasteiger partial charge on any atom is -0.445 e. The van der Waals surface area contributed by atoms with Gasteiger partial charge in [-0.3, -0.25) is 0 Å². The van der Waals surface area contributed by atoms with Crippen LogP contribution in [0.5, 0.6) is 0 Å². The molecule has 0 bridgehead atoms. The third-order valence-electron chi connectivity index (χ3n) is 2.61. The van der Waals surface area contributed by atoms with Gasteiger partial charge < -0.3 is 10.2 Å². The average molecular weight is 216 g/mol. The molecule has 16 heavy (non-hydrogen) atoms. The normalized spacial score (nSPS) is 12.6. The van der Waals surface area contributed by atoms with Gasteiger partial charge in [-0.2, -0.15) is 0 Å². The van der Waals surface area contributed by atoms with Crippen molar-refractivity contribution in [3.63, 3.8) is 0 Å². The van der Waals surface area contributed by atoms with Crippen molar-refractivity contribution < 1.29 is 4.42 Å². The summed E-state index contributed by atoms with van der Waals surface area (Å²) in [6.45, 7) is 2.62. The van der Waals surface area contributed by atoms with Gasteiger partial charge in [-0.05, 0) is 5.56 Å². The lowest BCUT2D eigenvalue weighted by Crippen LogP contribution is -2.07. The van der Waals surface area contributed by atoms with Crippen LogP contribution in [0.15, 0.2) is 40.9 Å². The van der Waals surface area contributed by atoms with E-state index in [1.54, 1.807) is 6.20 Å². The quantitative estimate of drug-likeness (QED) is 0.853. The summed E-state index contributed by atoms with van der Waals surface area (Å²) in [5, 5.41) is 0. The summed E-state index contributed by atoms with van der Waals surface area (Å²) in [5.74, 6) is 1.85. The molecular weight excluding hydrogens is 200 g/mol. The fraction of sp³-hybridized carbons (Fsp3) is 0.308. The molecule has 1 aromatic carbocycles. The van der Waals surface area contributed by atoms with Crippen LogP contribution in [0, 0.1) is 0 Å². The van der Waals surface area contributed by atoms with Crippen molar-refractivity contribution in [2.75, 3.05) is 6.54 Å². The number of rotatable bonds is 4. The number of benzene rings is 1. The maximum absolute atomic E-state index is 5.65. The monoisotopic (exact) mass is 216 g/mol. The van der Waals surface area contributed by atoms with E-state index >= 15 is 0 Å². The molecule has 0 saturated carbocycles. The molecule has 0 aliphatic heterocycles. The lowest BCUT2D eigenvalue weighted by Gasteiger charge is -2.02. The van der Waals surface area contributed by atoms with E-state index in [1.165, 1.54) is 5.56 Å². The zero-order valence-corrected chi connectivity index (χ0v) is 9.39. The molecule has 1 heterocycles. The Labute approximate surface area is 95.3 Å². The maximum Gasteiger partial charge on any atom is 0.198 e. The first-order valence-corrected chi connectivity index (χ1v) is 5.48. The highest BCUT2D eigenvalue weighted by Gasteiger charge is 2.10. The highest BCUT2D eigenvalue weighted by atomic mass is 16.4. The number of nitrogens with two attached hydrogens (primary N) is 1. The Bertz CT molecular complexity index is 436. The minimum atomic E-state index is 0.233. The molecule has 2 aromatic rings. The van der Waals surface area contributed by atoms with Crippen LogP contribution < -0.4 is 5.73 Å². The first kappa shape index (κ1) is 10.9. The minimum absolute atomic E-state index is 0.233. The predicted molar refractivity (Wildman–Crippen MR) is 63.2 cm³/mol. The summed E-state index contributed by atoms with van der Waals surface area (Å²) >= 11 is 0. The van der Waals surface area contributed by atoms with Crippen molar-refractivity contribution in [2.24, 2.45) is 5.73 Å². The Kier molecular flexibility index (Phi) is 3.37. The van der Waals surface area contributed by atoms with Gasteiger partial charge in [0.05, 0.1) is 6.20 Å². The van der Waals surface area contributed by atoms with E-state index in [-0.39, 0.29) is 5.92 Å². The van der Waals surface area contributed by atoms with Crippen molar-refractivity contribution in [2.45, 2.75) is 19.3 Å². The van der Waals surface area contributed by atoms with Gasteiger partial charge in [-0.1, -0.05) is 37.3 Å². The topological polar surface area (TPSA) is 52.0 Å². The first-order valence-electron chi connectivity index (χ1n) is 5.48. The lowest BCUT2D eigenvalue weighted by atomic mass is 10.1.